The summed E-state index contributed by atoms with van der Waals surface area (Å²) in [6, 6.07) is 12.6. The third-order valence-corrected chi connectivity index (χ3v) is 4.18. The highest BCUT2D eigenvalue weighted by Gasteiger charge is 2.37. The van der Waals surface area contributed by atoms with Gasteiger partial charge in [-0.2, -0.15) is 0 Å². The number of nitrogens with one attached hydrogen (secondary N) is 1. The molecule has 0 radical (unpaired) electrons. The molecule has 2 aromatic carbocycles. The molecule has 3 amide bonds. The maximum Gasteiger partial charge on any atom is 0.262 e. The SMILES string of the molecule is CC(C)(NC(=O)CN1C(=O)c2ccccc2C1=O)c1ccccc1F. The van der Waals surface area contributed by atoms with E-state index < -0.39 is 35.6 Å². The predicted octanol–water partition coefficient (Wildman–Crippen LogP) is 2.47. The van der Waals surface area contributed by atoms with E-state index >= 15 is 0 Å². The summed E-state index contributed by atoms with van der Waals surface area (Å²) in [4.78, 5) is 37.9. The van der Waals surface area contributed by atoms with Crippen molar-refractivity contribution >= 4 is 17.7 Å². The molecule has 0 saturated heterocycles. The number of amides is 3. The smallest absolute Gasteiger partial charge is 0.262 e. The Morgan fingerprint density at radius 2 is 1.52 bits per heavy atom. The fraction of sp³-hybridized carbons (Fsp3) is 0.211. The van der Waals surface area contributed by atoms with Crippen LogP contribution in [-0.2, 0) is 10.3 Å². The lowest BCUT2D eigenvalue weighted by Crippen LogP contribution is -2.47. The second kappa shape index (κ2) is 6.12. The van der Waals surface area contributed by atoms with Crippen molar-refractivity contribution in [1.82, 2.24) is 10.2 Å². The number of nitrogens with zero attached hydrogens (tertiary/aromatic N) is 1. The zero-order valence-corrected chi connectivity index (χ0v) is 13.9. The van der Waals surface area contributed by atoms with Crippen molar-refractivity contribution < 1.29 is 18.8 Å². The second-order valence-corrected chi connectivity index (χ2v) is 6.40. The molecule has 3 rings (SSSR count). The third-order valence-electron chi connectivity index (χ3n) is 4.18. The molecule has 0 unspecified atom stereocenters. The molecule has 1 N–H and O–H groups in total. The summed E-state index contributed by atoms with van der Waals surface area (Å²) in [5.74, 6) is -1.98. The maximum atomic E-state index is 14.0. The van der Waals surface area contributed by atoms with E-state index in [9.17, 15) is 18.8 Å². The van der Waals surface area contributed by atoms with E-state index in [1.165, 1.54) is 6.07 Å². The van der Waals surface area contributed by atoms with Crippen LogP contribution in [0.3, 0.4) is 0 Å². The molecule has 0 saturated carbocycles. The fourth-order valence-corrected chi connectivity index (χ4v) is 2.95. The molecule has 0 spiro atoms. The number of hydrogen-bond donors (Lipinski definition) is 1. The van der Waals surface area contributed by atoms with Gasteiger partial charge in [-0.3, -0.25) is 19.3 Å². The Labute approximate surface area is 144 Å². The van der Waals surface area contributed by atoms with E-state index in [4.69, 9.17) is 0 Å². The minimum atomic E-state index is -0.985. The summed E-state index contributed by atoms with van der Waals surface area (Å²) in [5, 5.41) is 2.68. The number of halogens is 1. The first kappa shape index (κ1) is 16.8. The number of carbonyl (C=O) groups is 3. The van der Waals surface area contributed by atoms with Crippen LogP contribution in [-0.4, -0.2) is 29.2 Å². The van der Waals surface area contributed by atoms with Crippen molar-refractivity contribution in [2.24, 2.45) is 0 Å². The molecule has 25 heavy (non-hydrogen) atoms. The van der Waals surface area contributed by atoms with Crippen LogP contribution in [0.25, 0.3) is 0 Å². The number of benzene rings is 2. The molecule has 1 heterocycles. The maximum absolute atomic E-state index is 14.0. The molecule has 0 bridgehead atoms. The lowest BCUT2D eigenvalue weighted by Gasteiger charge is -2.28. The lowest BCUT2D eigenvalue weighted by atomic mass is 9.93. The highest BCUT2D eigenvalue weighted by atomic mass is 19.1. The molecule has 0 atom stereocenters. The second-order valence-electron chi connectivity index (χ2n) is 6.40. The molecule has 1 aliphatic heterocycles. The average molecular weight is 340 g/mol. The summed E-state index contributed by atoms with van der Waals surface area (Å²) < 4.78 is 14.0. The van der Waals surface area contributed by atoms with E-state index in [0.717, 1.165) is 4.90 Å². The van der Waals surface area contributed by atoms with Gasteiger partial charge in [0.05, 0.1) is 16.7 Å². The van der Waals surface area contributed by atoms with E-state index in [2.05, 4.69) is 5.32 Å². The van der Waals surface area contributed by atoms with Crippen LogP contribution in [0.5, 0.6) is 0 Å². The molecule has 0 aliphatic carbocycles. The first-order valence-corrected chi connectivity index (χ1v) is 7.82. The number of hydrogen-bond acceptors (Lipinski definition) is 3. The molecule has 2 aromatic rings. The minimum Gasteiger partial charge on any atom is -0.345 e. The molecule has 0 aromatic heterocycles. The lowest BCUT2D eigenvalue weighted by molar-refractivity contribution is -0.123. The van der Waals surface area contributed by atoms with Gasteiger partial charge in [0, 0.05) is 5.56 Å². The Kier molecular flexibility index (Phi) is 4.12. The van der Waals surface area contributed by atoms with Crippen molar-refractivity contribution in [1.29, 1.82) is 0 Å². The summed E-state index contributed by atoms with van der Waals surface area (Å²) in [5.41, 5.74) is -0.0887. The quantitative estimate of drug-likeness (QED) is 0.870. The standard InChI is InChI=1S/C19H17FN2O3/c1-19(2,14-9-5-6-10-15(14)20)21-16(23)11-22-17(24)12-7-3-4-8-13(12)18(22)25/h3-10H,11H2,1-2H3,(H,21,23). The summed E-state index contributed by atoms with van der Waals surface area (Å²) in [7, 11) is 0. The number of imide groups is 1. The molecule has 0 fully saturated rings. The Morgan fingerprint density at radius 3 is 2.08 bits per heavy atom. The fourth-order valence-electron chi connectivity index (χ4n) is 2.95. The van der Waals surface area contributed by atoms with Gasteiger partial charge in [0.2, 0.25) is 5.91 Å². The first-order valence-electron chi connectivity index (χ1n) is 7.82. The Morgan fingerprint density at radius 1 is 1.00 bits per heavy atom. The van der Waals surface area contributed by atoms with Crippen LogP contribution >= 0.6 is 0 Å². The van der Waals surface area contributed by atoms with Gasteiger partial charge in [-0.25, -0.2) is 4.39 Å². The van der Waals surface area contributed by atoms with Gasteiger partial charge >= 0.3 is 0 Å². The van der Waals surface area contributed by atoms with Gasteiger partial charge in [-0.1, -0.05) is 30.3 Å². The Balaban J connectivity index is 1.75. The monoisotopic (exact) mass is 340 g/mol. The van der Waals surface area contributed by atoms with Crippen molar-refractivity contribution in [3.8, 4) is 0 Å². The summed E-state index contributed by atoms with van der Waals surface area (Å²) in [6.45, 7) is 2.90. The average Bonchev–Trinajstić information content (AvgIpc) is 2.80. The van der Waals surface area contributed by atoms with Gasteiger partial charge in [-0.15, -0.1) is 0 Å². The van der Waals surface area contributed by atoms with Gasteiger partial charge in [0.25, 0.3) is 11.8 Å². The Hall–Kier alpha value is -3.02. The highest BCUT2D eigenvalue weighted by molar-refractivity contribution is 6.22. The van der Waals surface area contributed by atoms with Crippen molar-refractivity contribution in [2.45, 2.75) is 19.4 Å². The van der Waals surface area contributed by atoms with Gasteiger partial charge in [0.15, 0.2) is 0 Å². The van der Waals surface area contributed by atoms with Crippen molar-refractivity contribution in [3.05, 3.63) is 71.0 Å². The zero-order valence-electron chi connectivity index (χ0n) is 13.9. The highest BCUT2D eigenvalue weighted by Crippen LogP contribution is 2.24. The molecular weight excluding hydrogens is 323 g/mol. The normalized spacial score (nSPS) is 13.8. The van der Waals surface area contributed by atoms with E-state index in [1.807, 2.05) is 0 Å². The molecule has 5 nitrogen and oxygen atoms in total. The van der Waals surface area contributed by atoms with Crippen LogP contribution in [0, 0.1) is 5.82 Å². The Bertz CT molecular complexity index is 841. The molecular formula is C19H17FN2O3. The molecule has 128 valence electrons. The molecule has 6 heteroatoms. The van der Waals surface area contributed by atoms with E-state index in [1.54, 1.807) is 56.3 Å². The van der Waals surface area contributed by atoms with Crippen molar-refractivity contribution in [3.63, 3.8) is 0 Å². The van der Waals surface area contributed by atoms with Crippen LogP contribution in [0.4, 0.5) is 4.39 Å². The molecule has 1 aliphatic rings. The third kappa shape index (κ3) is 3.03. The largest absolute Gasteiger partial charge is 0.345 e. The van der Waals surface area contributed by atoms with Crippen LogP contribution in [0.2, 0.25) is 0 Å². The minimum absolute atomic E-state index is 0.286. The van der Waals surface area contributed by atoms with E-state index in [0.29, 0.717) is 5.56 Å². The number of fused-ring (bicyclic) bond motifs is 1. The van der Waals surface area contributed by atoms with E-state index in [-0.39, 0.29) is 11.1 Å². The van der Waals surface area contributed by atoms with Crippen LogP contribution < -0.4 is 5.32 Å². The van der Waals surface area contributed by atoms with Crippen LogP contribution in [0.1, 0.15) is 40.1 Å². The zero-order chi connectivity index (χ0) is 18.2. The predicted molar refractivity (Wildman–Crippen MR) is 89.4 cm³/mol. The van der Waals surface area contributed by atoms with Crippen LogP contribution in [0.15, 0.2) is 48.5 Å². The first-order chi connectivity index (χ1) is 11.8. The van der Waals surface area contributed by atoms with Crippen molar-refractivity contribution in [2.75, 3.05) is 6.54 Å². The summed E-state index contributed by atoms with van der Waals surface area (Å²) in [6.07, 6.45) is 0. The summed E-state index contributed by atoms with van der Waals surface area (Å²) >= 11 is 0. The topological polar surface area (TPSA) is 66.5 Å². The number of rotatable bonds is 4. The number of carbonyl (C=O) groups excluding carboxylic acids is 3. The van der Waals surface area contributed by atoms with Gasteiger partial charge in [-0.05, 0) is 32.0 Å². The van der Waals surface area contributed by atoms with Gasteiger partial charge < -0.3 is 5.32 Å². The van der Waals surface area contributed by atoms with Gasteiger partial charge in [0.1, 0.15) is 12.4 Å².